The quantitative estimate of drug-likeness (QED) is 0.274. The number of halogens is 5. The fraction of sp³-hybridized carbons (Fsp3) is 0.292. The molecule has 1 aliphatic heterocycles. The number of ether oxygens (including phenoxy) is 2. The van der Waals surface area contributed by atoms with E-state index in [1.54, 1.807) is 12.3 Å². The summed E-state index contributed by atoms with van der Waals surface area (Å²) in [4.78, 5) is 24.5. The van der Waals surface area contributed by atoms with Crippen LogP contribution in [0.3, 0.4) is 0 Å². The fourth-order valence-electron chi connectivity index (χ4n) is 3.64. The lowest BCUT2D eigenvalue weighted by Gasteiger charge is -2.34. The summed E-state index contributed by atoms with van der Waals surface area (Å²) in [5.41, 5.74) is 1.58. The summed E-state index contributed by atoms with van der Waals surface area (Å²) < 4.78 is 77.4. The molecule has 36 heavy (non-hydrogen) atoms. The molecule has 0 bridgehead atoms. The Labute approximate surface area is 203 Å². The van der Waals surface area contributed by atoms with Gasteiger partial charge in [-0.15, -0.1) is 0 Å². The lowest BCUT2D eigenvalue weighted by Crippen LogP contribution is -2.50. The van der Waals surface area contributed by atoms with Gasteiger partial charge in [-0.3, -0.25) is 4.79 Å². The van der Waals surface area contributed by atoms with E-state index in [-0.39, 0.29) is 13.1 Å². The number of hydrogen-bond donors (Lipinski definition) is 0. The van der Waals surface area contributed by atoms with Gasteiger partial charge in [-0.05, 0) is 37.3 Å². The number of hydrogen-bond acceptors (Lipinski definition) is 6. The van der Waals surface area contributed by atoms with Gasteiger partial charge in [0.25, 0.3) is 5.91 Å². The number of piperazine rings is 1. The Morgan fingerprint density at radius 2 is 1.47 bits per heavy atom. The molecule has 3 aromatic rings. The zero-order valence-corrected chi connectivity index (χ0v) is 19.1. The van der Waals surface area contributed by atoms with Crippen molar-refractivity contribution in [2.75, 3.05) is 44.3 Å². The number of amides is 1. The van der Waals surface area contributed by atoms with E-state index in [2.05, 4.69) is 14.7 Å². The van der Waals surface area contributed by atoms with Gasteiger partial charge in [0, 0.05) is 37.9 Å². The highest BCUT2D eigenvalue weighted by Crippen LogP contribution is 2.29. The summed E-state index contributed by atoms with van der Waals surface area (Å²) in [5, 5.41) is 0. The van der Waals surface area contributed by atoms with Crippen LogP contribution in [-0.2, 0) is 4.79 Å². The van der Waals surface area contributed by atoms with Crippen LogP contribution < -0.4 is 14.4 Å². The van der Waals surface area contributed by atoms with Gasteiger partial charge in [0.15, 0.2) is 12.4 Å². The fourth-order valence-corrected chi connectivity index (χ4v) is 3.64. The Hall–Kier alpha value is -3.96. The van der Waals surface area contributed by atoms with E-state index < -0.39 is 47.3 Å². The highest BCUT2D eigenvalue weighted by molar-refractivity contribution is 5.78. The van der Waals surface area contributed by atoms with Gasteiger partial charge < -0.3 is 19.3 Å². The molecule has 7 nitrogen and oxygen atoms in total. The van der Waals surface area contributed by atoms with Crippen molar-refractivity contribution in [1.82, 2.24) is 14.9 Å². The number of benzene rings is 2. The summed E-state index contributed by atoms with van der Waals surface area (Å²) in [5.74, 6) is -11.8. The first-order valence-corrected chi connectivity index (χ1v) is 11.0. The van der Waals surface area contributed by atoms with Gasteiger partial charge in [-0.25, -0.2) is 23.1 Å². The minimum atomic E-state index is -2.30. The third-order valence-corrected chi connectivity index (χ3v) is 5.53. The molecule has 0 atom stereocenters. The molecule has 2 heterocycles. The smallest absolute Gasteiger partial charge is 0.260 e. The molecule has 1 saturated heterocycles. The topological polar surface area (TPSA) is 67.8 Å². The lowest BCUT2D eigenvalue weighted by molar-refractivity contribution is -0.133. The van der Waals surface area contributed by atoms with Gasteiger partial charge in [0.05, 0.1) is 12.3 Å². The van der Waals surface area contributed by atoms with E-state index >= 15 is 0 Å². The monoisotopic (exact) mass is 508 g/mol. The van der Waals surface area contributed by atoms with Gasteiger partial charge >= 0.3 is 0 Å². The van der Waals surface area contributed by atoms with E-state index in [9.17, 15) is 26.7 Å². The third kappa shape index (κ3) is 5.16. The van der Waals surface area contributed by atoms with Crippen molar-refractivity contribution in [3.05, 3.63) is 65.6 Å². The number of nitrogens with zero attached hydrogens (tertiary/aromatic N) is 4. The van der Waals surface area contributed by atoms with E-state index in [0.29, 0.717) is 31.3 Å². The predicted molar refractivity (Wildman–Crippen MR) is 119 cm³/mol. The maximum absolute atomic E-state index is 13.7. The molecule has 0 radical (unpaired) electrons. The first kappa shape index (κ1) is 25.1. The normalized spacial score (nSPS) is 13.6. The average molecular weight is 508 g/mol. The number of anilines is 1. The van der Waals surface area contributed by atoms with Gasteiger partial charge in [0.1, 0.15) is 5.75 Å². The SMILES string of the molecule is CCOc1ccc(-c2ccnc(N3CCN(C(=O)COc4c(F)c(F)c(F)c(F)c4F)CC3)n2)cc1. The molecule has 1 aromatic heterocycles. The highest BCUT2D eigenvalue weighted by atomic mass is 19.2. The third-order valence-electron chi connectivity index (χ3n) is 5.53. The average Bonchev–Trinajstić information content (AvgIpc) is 2.91. The predicted octanol–water partition coefficient (Wildman–Crippen LogP) is 3.97. The summed E-state index contributed by atoms with van der Waals surface area (Å²) in [7, 11) is 0. The second kappa shape index (κ2) is 10.8. The van der Waals surface area contributed by atoms with Crippen LogP contribution in [-0.4, -0.2) is 60.2 Å². The summed E-state index contributed by atoms with van der Waals surface area (Å²) in [6.45, 7) is 2.74. The standard InChI is InChI=1S/C24H21F5N4O3/c1-2-35-15-5-3-14(4-6-15)16-7-8-30-24(31-16)33-11-9-32(10-12-33)17(34)13-36-23-21(28)19(26)18(25)20(27)22(23)29/h3-8H,2,9-13H2,1H3. The molecular formula is C24H21F5N4O3. The molecule has 0 unspecified atom stereocenters. The van der Waals surface area contributed by atoms with Crippen molar-refractivity contribution >= 4 is 11.9 Å². The molecule has 12 heteroatoms. The number of rotatable bonds is 7. The first-order valence-electron chi connectivity index (χ1n) is 11.0. The molecule has 1 aliphatic rings. The molecule has 0 aliphatic carbocycles. The minimum absolute atomic E-state index is 0.218. The second-order valence-electron chi connectivity index (χ2n) is 7.75. The van der Waals surface area contributed by atoms with Crippen LogP contribution >= 0.6 is 0 Å². The van der Waals surface area contributed by atoms with E-state index in [1.165, 1.54) is 4.90 Å². The maximum Gasteiger partial charge on any atom is 0.260 e. The zero-order valence-electron chi connectivity index (χ0n) is 19.1. The van der Waals surface area contributed by atoms with Gasteiger partial charge in [0.2, 0.25) is 35.0 Å². The van der Waals surface area contributed by atoms with Crippen molar-refractivity contribution in [2.24, 2.45) is 0 Å². The molecule has 2 aromatic carbocycles. The largest absolute Gasteiger partial charge is 0.494 e. The minimum Gasteiger partial charge on any atom is -0.494 e. The molecule has 0 saturated carbocycles. The Morgan fingerprint density at radius 3 is 2.08 bits per heavy atom. The maximum atomic E-state index is 13.7. The van der Waals surface area contributed by atoms with Crippen molar-refractivity contribution < 1.29 is 36.2 Å². The van der Waals surface area contributed by atoms with Crippen LogP contribution in [0.15, 0.2) is 36.5 Å². The second-order valence-corrected chi connectivity index (χ2v) is 7.75. The Kier molecular flexibility index (Phi) is 7.51. The van der Waals surface area contributed by atoms with E-state index in [0.717, 1.165) is 11.3 Å². The van der Waals surface area contributed by atoms with Crippen LogP contribution in [0.1, 0.15) is 6.92 Å². The molecule has 1 amide bonds. The van der Waals surface area contributed by atoms with Gasteiger partial charge in [-0.2, -0.15) is 8.78 Å². The Bertz CT molecular complexity index is 1220. The van der Waals surface area contributed by atoms with Crippen LogP contribution in [0.5, 0.6) is 11.5 Å². The Balaban J connectivity index is 1.36. The van der Waals surface area contributed by atoms with Crippen LogP contribution in [0, 0.1) is 29.1 Å². The molecule has 190 valence electrons. The van der Waals surface area contributed by atoms with Crippen LogP contribution in [0.25, 0.3) is 11.3 Å². The number of aromatic nitrogens is 2. The van der Waals surface area contributed by atoms with Crippen molar-refractivity contribution in [2.45, 2.75) is 6.92 Å². The summed E-state index contributed by atoms with van der Waals surface area (Å²) in [6, 6.07) is 9.24. The lowest BCUT2D eigenvalue weighted by atomic mass is 10.1. The first-order chi connectivity index (χ1) is 17.3. The zero-order chi connectivity index (χ0) is 25.8. The molecule has 0 spiro atoms. The molecule has 4 rings (SSSR count). The van der Waals surface area contributed by atoms with Crippen molar-refractivity contribution in [3.8, 4) is 22.8 Å². The van der Waals surface area contributed by atoms with Crippen LogP contribution in [0.4, 0.5) is 27.9 Å². The van der Waals surface area contributed by atoms with Gasteiger partial charge in [-0.1, -0.05) is 0 Å². The van der Waals surface area contributed by atoms with Crippen molar-refractivity contribution in [1.29, 1.82) is 0 Å². The molecular weight excluding hydrogens is 487 g/mol. The van der Waals surface area contributed by atoms with Crippen molar-refractivity contribution in [3.63, 3.8) is 0 Å². The van der Waals surface area contributed by atoms with E-state index in [1.807, 2.05) is 36.1 Å². The summed E-state index contributed by atoms with van der Waals surface area (Å²) >= 11 is 0. The molecule has 0 N–H and O–H groups in total. The number of carbonyl (C=O) groups is 1. The highest BCUT2D eigenvalue weighted by Gasteiger charge is 2.29. The Morgan fingerprint density at radius 1 is 0.861 bits per heavy atom. The van der Waals surface area contributed by atoms with Crippen LogP contribution in [0.2, 0.25) is 0 Å². The van der Waals surface area contributed by atoms with E-state index in [4.69, 9.17) is 4.74 Å². The number of carbonyl (C=O) groups excluding carboxylic acids is 1. The summed E-state index contributed by atoms with van der Waals surface area (Å²) in [6.07, 6.45) is 1.63. The molecule has 1 fully saturated rings.